The van der Waals surface area contributed by atoms with Crippen LogP contribution in [0.1, 0.15) is 37.3 Å². The van der Waals surface area contributed by atoms with Crippen molar-refractivity contribution in [1.29, 1.82) is 0 Å². The third kappa shape index (κ3) is 5.02. The number of nitrogens with zero attached hydrogens (tertiary/aromatic N) is 5. The van der Waals surface area contributed by atoms with Crippen molar-refractivity contribution in [2.75, 3.05) is 44.8 Å². The van der Waals surface area contributed by atoms with E-state index < -0.39 is 10.0 Å². The number of rotatable bonds is 5. The Labute approximate surface area is 212 Å². The molecule has 5 rings (SSSR count). The van der Waals surface area contributed by atoms with Gasteiger partial charge in [0.15, 0.2) is 0 Å². The molecule has 10 heteroatoms. The summed E-state index contributed by atoms with van der Waals surface area (Å²) in [6.45, 7) is 4.82. The average Bonchev–Trinajstić information content (AvgIpc) is 2.85. The van der Waals surface area contributed by atoms with Gasteiger partial charge in [-0.1, -0.05) is 24.3 Å². The zero-order valence-electron chi connectivity index (χ0n) is 21.1. The van der Waals surface area contributed by atoms with Gasteiger partial charge in [0.2, 0.25) is 16.0 Å². The van der Waals surface area contributed by atoms with E-state index in [1.54, 1.807) is 10.8 Å². The van der Waals surface area contributed by atoms with Crippen LogP contribution in [-0.2, 0) is 10.0 Å². The Morgan fingerprint density at radius 1 is 1.00 bits per heavy atom. The fraction of sp³-hybridized carbons (Fsp3) is 0.500. The van der Waals surface area contributed by atoms with Crippen molar-refractivity contribution in [3.63, 3.8) is 0 Å². The van der Waals surface area contributed by atoms with E-state index >= 15 is 0 Å². The lowest BCUT2D eigenvalue weighted by atomic mass is 9.99. The summed E-state index contributed by atoms with van der Waals surface area (Å²) in [6, 6.07) is 9.90. The SMILES string of the molecule is Cc1ccccc1-c1cc2cnc(NC3CCN(C)CC3)nc2n(C2CCN(S(C)(=O)=O)CC2)c1=O. The Kier molecular flexibility index (Phi) is 6.84. The molecule has 2 aliphatic rings. The van der Waals surface area contributed by atoms with Crippen molar-refractivity contribution in [1.82, 2.24) is 23.7 Å². The fourth-order valence-electron chi connectivity index (χ4n) is 5.36. The van der Waals surface area contributed by atoms with Crippen LogP contribution in [0.2, 0.25) is 0 Å². The molecule has 0 atom stereocenters. The second-order valence-corrected chi connectivity index (χ2v) is 12.1. The number of hydrogen-bond donors (Lipinski definition) is 1. The van der Waals surface area contributed by atoms with Crippen LogP contribution in [0.5, 0.6) is 0 Å². The molecule has 0 saturated carbocycles. The number of benzene rings is 1. The van der Waals surface area contributed by atoms with Crippen molar-refractivity contribution >= 4 is 27.0 Å². The van der Waals surface area contributed by atoms with Gasteiger partial charge in [-0.05, 0) is 69.9 Å². The summed E-state index contributed by atoms with van der Waals surface area (Å²) in [7, 11) is -1.13. The van der Waals surface area contributed by atoms with Crippen LogP contribution in [0.15, 0.2) is 41.3 Å². The van der Waals surface area contributed by atoms with Gasteiger partial charge in [0.05, 0.1) is 6.26 Å². The molecule has 0 aliphatic carbocycles. The topological polar surface area (TPSA) is 100 Å². The molecule has 4 heterocycles. The number of nitrogens with one attached hydrogen (secondary N) is 1. The molecule has 0 amide bonds. The highest BCUT2D eigenvalue weighted by Gasteiger charge is 2.29. The number of likely N-dealkylation sites (tertiary alicyclic amines) is 1. The van der Waals surface area contributed by atoms with Gasteiger partial charge in [-0.3, -0.25) is 9.36 Å². The molecule has 0 bridgehead atoms. The zero-order valence-corrected chi connectivity index (χ0v) is 22.0. The van der Waals surface area contributed by atoms with Gasteiger partial charge in [0.1, 0.15) is 5.65 Å². The lowest BCUT2D eigenvalue weighted by Gasteiger charge is -2.32. The molecule has 1 aromatic carbocycles. The average molecular weight is 511 g/mol. The molecular weight excluding hydrogens is 476 g/mol. The summed E-state index contributed by atoms with van der Waals surface area (Å²) in [5.74, 6) is 0.530. The zero-order chi connectivity index (χ0) is 25.4. The van der Waals surface area contributed by atoms with Crippen LogP contribution in [-0.4, -0.2) is 77.7 Å². The standard InChI is InChI=1S/C26H34N6O3S/c1-18-6-4-5-7-22(18)23-16-19-17-27-26(28-20-8-12-30(2)13-9-20)29-24(19)32(25(23)33)21-10-14-31(15-11-21)36(3,34)35/h4-7,16-17,20-21H,8-15H2,1-3H3,(H,27,28,29). The van der Waals surface area contributed by atoms with E-state index in [0.29, 0.717) is 49.1 Å². The molecule has 9 nitrogen and oxygen atoms in total. The van der Waals surface area contributed by atoms with E-state index in [1.165, 1.54) is 10.6 Å². The smallest absolute Gasteiger partial charge is 0.260 e. The Morgan fingerprint density at radius 3 is 2.36 bits per heavy atom. The van der Waals surface area contributed by atoms with Gasteiger partial charge < -0.3 is 10.2 Å². The Balaban J connectivity index is 1.58. The third-order valence-electron chi connectivity index (χ3n) is 7.52. The fourth-order valence-corrected chi connectivity index (χ4v) is 6.24. The molecule has 2 saturated heterocycles. The van der Waals surface area contributed by atoms with Gasteiger partial charge >= 0.3 is 0 Å². The van der Waals surface area contributed by atoms with Crippen molar-refractivity contribution in [3.8, 4) is 11.1 Å². The normalized spacial score (nSPS) is 19.1. The van der Waals surface area contributed by atoms with Crippen LogP contribution in [0, 0.1) is 6.92 Å². The molecule has 0 radical (unpaired) electrons. The molecule has 192 valence electrons. The van der Waals surface area contributed by atoms with Gasteiger partial charge in [0.25, 0.3) is 5.56 Å². The predicted octanol–water partition coefficient (Wildman–Crippen LogP) is 2.87. The summed E-state index contributed by atoms with van der Waals surface area (Å²) in [5, 5.41) is 4.27. The highest BCUT2D eigenvalue weighted by Crippen LogP contribution is 2.29. The first-order valence-corrected chi connectivity index (χ1v) is 14.4. The number of fused-ring (bicyclic) bond motifs is 1. The summed E-state index contributed by atoms with van der Waals surface area (Å²) >= 11 is 0. The van der Waals surface area contributed by atoms with Crippen molar-refractivity contribution in [2.24, 2.45) is 0 Å². The summed E-state index contributed by atoms with van der Waals surface area (Å²) < 4.78 is 27.4. The van der Waals surface area contributed by atoms with Gasteiger partial charge in [-0.25, -0.2) is 17.7 Å². The molecule has 0 unspecified atom stereocenters. The molecule has 36 heavy (non-hydrogen) atoms. The number of hydrogen-bond acceptors (Lipinski definition) is 7. The van der Waals surface area contributed by atoms with Gasteiger partial charge in [0, 0.05) is 42.3 Å². The highest BCUT2D eigenvalue weighted by molar-refractivity contribution is 7.88. The third-order valence-corrected chi connectivity index (χ3v) is 8.82. The first kappa shape index (κ1) is 24.9. The number of anilines is 1. The van der Waals surface area contributed by atoms with Crippen molar-refractivity contribution in [2.45, 2.75) is 44.7 Å². The summed E-state index contributed by atoms with van der Waals surface area (Å²) in [4.78, 5) is 25.8. The number of sulfonamides is 1. The van der Waals surface area contributed by atoms with E-state index in [4.69, 9.17) is 4.98 Å². The molecule has 2 aliphatic heterocycles. The van der Waals surface area contributed by atoms with Crippen LogP contribution >= 0.6 is 0 Å². The van der Waals surface area contributed by atoms with Crippen LogP contribution in [0.3, 0.4) is 0 Å². The first-order valence-electron chi connectivity index (χ1n) is 12.6. The van der Waals surface area contributed by atoms with Crippen molar-refractivity contribution in [3.05, 3.63) is 52.4 Å². The summed E-state index contributed by atoms with van der Waals surface area (Å²) in [5.41, 5.74) is 3.03. The molecule has 2 aromatic heterocycles. The maximum Gasteiger partial charge on any atom is 0.260 e. The minimum atomic E-state index is -3.26. The molecule has 1 N–H and O–H groups in total. The van der Waals surface area contributed by atoms with Crippen LogP contribution in [0.25, 0.3) is 22.2 Å². The van der Waals surface area contributed by atoms with E-state index in [0.717, 1.165) is 42.4 Å². The predicted molar refractivity (Wildman–Crippen MR) is 143 cm³/mol. The minimum absolute atomic E-state index is 0.0986. The van der Waals surface area contributed by atoms with E-state index in [9.17, 15) is 13.2 Å². The van der Waals surface area contributed by atoms with Gasteiger partial charge in [-0.2, -0.15) is 4.98 Å². The molecular formula is C26H34N6O3S. The van der Waals surface area contributed by atoms with Crippen LogP contribution < -0.4 is 10.9 Å². The maximum atomic E-state index is 14.0. The monoisotopic (exact) mass is 510 g/mol. The summed E-state index contributed by atoms with van der Waals surface area (Å²) in [6.07, 6.45) is 6.18. The second kappa shape index (κ2) is 9.91. The lowest BCUT2D eigenvalue weighted by Crippen LogP contribution is -2.40. The molecule has 0 spiro atoms. The lowest BCUT2D eigenvalue weighted by molar-refractivity contribution is 0.263. The number of pyridine rings is 1. The molecule has 3 aromatic rings. The highest BCUT2D eigenvalue weighted by atomic mass is 32.2. The van der Waals surface area contributed by atoms with E-state index in [1.807, 2.05) is 37.3 Å². The maximum absolute atomic E-state index is 14.0. The van der Waals surface area contributed by atoms with Gasteiger partial charge in [-0.15, -0.1) is 0 Å². The second-order valence-electron chi connectivity index (χ2n) is 10.1. The quantitative estimate of drug-likeness (QED) is 0.563. The Morgan fingerprint density at radius 2 is 1.69 bits per heavy atom. The molecule has 2 fully saturated rings. The Bertz CT molecular complexity index is 1420. The van der Waals surface area contributed by atoms with Crippen LogP contribution in [0.4, 0.5) is 5.95 Å². The van der Waals surface area contributed by atoms with E-state index in [2.05, 4.69) is 22.2 Å². The number of piperidine rings is 2. The van der Waals surface area contributed by atoms with E-state index in [-0.39, 0.29) is 11.6 Å². The first-order chi connectivity index (χ1) is 17.2. The number of aryl methyl sites for hydroxylation is 1. The largest absolute Gasteiger partial charge is 0.351 e. The minimum Gasteiger partial charge on any atom is -0.351 e. The number of aromatic nitrogens is 3. The Hall–Kier alpha value is -2.82. The van der Waals surface area contributed by atoms with Crippen molar-refractivity contribution < 1.29 is 8.42 Å².